The Morgan fingerprint density at radius 2 is 1.30 bits per heavy atom. The molecule has 0 aliphatic rings. The molecule has 1 atom stereocenters. The highest BCUT2D eigenvalue weighted by molar-refractivity contribution is 7.97. The number of rotatable bonds is 8. The monoisotopic (exact) mass is 446 g/mol. The fourth-order valence-electron chi connectivity index (χ4n) is 2.62. The maximum Gasteiger partial charge on any atom is 0.415 e. The van der Waals surface area contributed by atoms with Gasteiger partial charge in [0.25, 0.3) is 0 Å². The summed E-state index contributed by atoms with van der Waals surface area (Å²) < 4.78 is 58.9. The summed E-state index contributed by atoms with van der Waals surface area (Å²) in [6.07, 6.45) is -1.62. The van der Waals surface area contributed by atoms with Gasteiger partial charge in [-0.25, -0.2) is 4.18 Å². The molecular formula is C21H18O7S2. The van der Waals surface area contributed by atoms with Gasteiger partial charge < -0.3 is 0 Å². The van der Waals surface area contributed by atoms with Crippen LogP contribution in [0.25, 0.3) is 0 Å². The maximum atomic E-state index is 12.9. The van der Waals surface area contributed by atoms with Crippen LogP contribution in [-0.2, 0) is 28.3 Å². The summed E-state index contributed by atoms with van der Waals surface area (Å²) in [4.78, 5) is 12.5. The number of Topliss-reactive ketones (excluding diaryl/α,β-unsaturated/α-hetero) is 1. The Balaban J connectivity index is 1.91. The first-order valence-electron chi connectivity index (χ1n) is 8.78. The molecule has 0 aromatic heterocycles. The van der Waals surface area contributed by atoms with Gasteiger partial charge in [0.2, 0.25) is 0 Å². The van der Waals surface area contributed by atoms with Crippen LogP contribution in [0.2, 0.25) is 0 Å². The third-order valence-corrected chi connectivity index (χ3v) is 6.76. The zero-order valence-corrected chi connectivity index (χ0v) is 17.5. The Bertz CT molecular complexity index is 1220. The zero-order valence-electron chi connectivity index (χ0n) is 15.8. The average Bonchev–Trinajstić information content (AvgIpc) is 2.72. The van der Waals surface area contributed by atoms with Gasteiger partial charge in [-0.1, -0.05) is 78.4 Å². The van der Waals surface area contributed by atoms with Gasteiger partial charge in [0.05, 0.1) is 4.90 Å². The van der Waals surface area contributed by atoms with E-state index in [2.05, 4.69) is 3.63 Å². The average molecular weight is 447 g/mol. The van der Waals surface area contributed by atoms with E-state index in [1.807, 2.05) is 0 Å². The van der Waals surface area contributed by atoms with Crippen LogP contribution in [0.5, 0.6) is 0 Å². The van der Waals surface area contributed by atoms with Crippen molar-refractivity contribution in [1.82, 2.24) is 0 Å². The lowest BCUT2D eigenvalue weighted by molar-refractivity contribution is 0.0782. The molecule has 0 amide bonds. The van der Waals surface area contributed by atoms with Crippen LogP contribution < -0.4 is 0 Å². The van der Waals surface area contributed by atoms with Gasteiger partial charge in [-0.15, -0.1) is 3.63 Å². The van der Waals surface area contributed by atoms with Crippen LogP contribution in [0.15, 0.2) is 89.8 Å². The molecule has 0 N–H and O–H groups in total. The third kappa shape index (κ3) is 5.39. The van der Waals surface area contributed by atoms with Crippen LogP contribution >= 0.6 is 0 Å². The first kappa shape index (κ1) is 21.8. The van der Waals surface area contributed by atoms with Crippen molar-refractivity contribution in [1.29, 1.82) is 0 Å². The minimum atomic E-state index is -5.11. The third-order valence-electron chi connectivity index (χ3n) is 4.10. The molecule has 0 heterocycles. The highest BCUT2D eigenvalue weighted by Crippen LogP contribution is 2.27. The van der Waals surface area contributed by atoms with E-state index >= 15 is 0 Å². The standard InChI is InChI=1S/C21H18O7S2/c1-16-12-14-19(15-13-16)29(23,24)28-30(25,26)27-21(18-10-6-3-7-11-18)20(22)17-8-4-2-5-9-17/h2-15,21H,1H3. The molecule has 156 valence electrons. The van der Waals surface area contributed by atoms with Crippen molar-refractivity contribution in [3.63, 3.8) is 0 Å². The molecule has 0 aliphatic heterocycles. The summed E-state index contributed by atoms with van der Waals surface area (Å²) in [5.74, 6) is -0.665. The number of ketones is 1. The van der Waals surface area contributed by atoms with Gasteiger partial charge in [-0.05, 0) is 24.6 Å². The number of hydrogen-bond donors (Lipinski definition) is 0. The molecule has 0 radical (unpaired) electrons. The molecule has 3 aromatic rings. The summed E-state index contributed by atoms with van der Waals surface area (Å²) in [5, 5.41) is 0. The molecule has 3 rings (SSSR count). The van der Waals surface area contributed by atoms with Gasteiger partial charge in [-0.3, -0.25) is 4.79 Å². The molecule has 7 nitrogen and oxygen atoms in total. The van der Waals surface area contributed by atoms with E-state index < -0.39 is 32.4 Å². The summed E-state index contributed by atoms with van der Waals surface area (Å²) in [7, 11) is -9.78. The number of carbonyl (C=O) groups is 1. The highest BCUT2D eigenvalue weighted by atomic mass is 32.3. The summed E-state index contributed by atoms with van der Waals surface area (Å²) in [5.41, 5.74) is 1.21. The fourth-order valence-corrected chi connectivity index (χ4v) is 4.84. The highest BCUT2D eigenvalue weighted by Gasteiger charge is 2.33. The molecule has 0 saturated carbocycles. The second kappa shape index (κ2) is 8.88. The van der Waals surface area contributed by atoms with Crippen LogP contribution in [0.4, 0.5) is 0 Å². The van der Waals surface area contributed by atoms with Crippen molar-refractivity contribution < 1.29 is 29.4 Å². The number of carbonyl (C=O) groups excluding carboxylic acids is 1. The van der Waals surface area contributed by atoms with Crippen molar-refractivity contribution in [3.8, 4) is 0 Å². The Kier molecular flexibility index (Phi) is 6.47. The molecule has 0 bridgehead atoms. The normalized spacial score (nSPS) is 13.0. The largest absolute Gasteiger partial charge is 0.415 e. The van der Waals surface area contributed by atoms with Gasteiger partial charge in [0.15, 0.2) is 11.9 Å². The maximum absolute atomic E-state index is 12.9. The van der Waals surface area contributed by atoms with Crippen molar-refractivity contribution in [3.05, 3.63) is 102 Å². The number of benzene rings is 3. The lowest BCUT2D eigenvalue weighted by atomic mass is 10.0. The molecule has 1 unspecified atom stereocenters. The lowest BCUT2D eigenvalue weighted by Gasteiger charge is -2.16. The van der Waals surface area contributed by atoms with Gasteiger partial charge in [-0.2, -0.15) is 16.8 Å². The van der Waals surface area contributed by atoms with Crippen molar-refractivity contribution in [2.24, 2.45) is 0 Å². The minimum Gasteiger partial charge on any atom is -0.291 e. The van der Waals surface area contributed by atoms with E-state index in [9.17, 15) is 21.6 Å². The molecule has 0 fully saturated rings. The van der Waals surface area contributed by atoms with Gasteiger partial charge in [0, 0.05) is 5.56 Å². The molecule has 0 saturated heterocycles. The Hall–Kier alpha value is -2.85. The van der Waals surface area contributed by atoms with E-state index in [0.717, 1.165) is 5.56 Å². The van der Waals surface area contributed by atoms with Crippen molar-refractivity contribution >= 4 is 26.3 Å². The topological polar surface area (TPSA) is 104 Å². The molecule has 0 spiro atoms. The molecule has 0 aliphatic carbocycles. The molecule has 30 heavy (non-hydrogen) atoms. The predicted octanol–water partition coefficient (Wildman–Crippen LogP) is 3.59. The van der Waals surface area contributed by atoms with Crippen LogP contribution in [-0.4, -0.2) is 22.6 Å². The Morgan fingerprint density at radius 1 is 0.767 bits per heavy atom. The summed E-state index contributed by atoms with van der Waals surface area (Å²) in [6.45, 7) is 1.75. The minimum absolute atomic E-state index is 0.197. The van der Waals surface area contributed by atoms with Crippen LogP contribution in [0.3, 0.4) is 0 Å². The van der Waals surface area contributed by atoms with E-state index in [-0.39, 0.29) is 16.0 Å². The quantitative estimate of drug-likeness (QED) is 0.487. The second-order valence-corrected chi connectivity index (χ2v) is 9.29. The van der Waals surface area contributed by atoms with E-state index in [1.54, 1.807) is 43.3 Å². The fraction of sp³-hybridized carbons (Fsp3) is 0.0952. The molecule has 3 aromatic carbocycles. The Morgan fingerprint density at radius 3 is 1.87 bits per heavy atom. The lowest BCUT2D eigenvalue weighted by Crippen LogP contribution is -2.23. The number of hydrogen-bond acceptors (Lipinski definition) is 7. The van der Waals surface area contributed by atoms with Crippen molar-refractivity contribution in [2.45, 2.75) is 17.9 Å². The number of aryl methyl sites for hydroxylation is 1. The Labute approximate surface area is 175 Å². The first-order chi connectivity index (χ1) is 14.2. The SMILES string of the molecule is Cc1ccc(S(=O)(=O)OS(=O)(=O)OC(C(=O)c2ccccc2)c2ccccc2)cc1. The smallest absolute Gasteiger partial charge is 0.291 e. The first-order valence-corrected chi connectivity index (χ1v) is 11.5. The van der Waals surface area contributed by atoms with Gasteiger partial charge >= 0.3 is 20.5 Å². The van der Waals surface area contributed by atoms with E-state index in [0.29, 0.717) is 0 Å². The van der Waals surface area contributed by atoms with Gasteiger partial charge in [0.1, 0.15) is 0 Å². The van der Waals surface area contributed by atoms with E-state index in [4.69, 9.17) is 4.18 Å². The predicted molar refractivity (Wildman–Crippen MR) is 109 cm³/mol. The zero-order chi connectivity index (χ0) is 21.8. The van der Waals surface area contributed by atoms with E-state index in [1.165, 1.54) is 48.5 Å². The van der Waals surface area contributed by atoms with Crippen LogP contribution in [0.1, 0.15) is 27.6 Å². The molecular weight excluding hydrogens is 428 g/mol. The second-order valence-electron chi connectivity index (χ2n) is 6.36. The van der Waals surface area contributed by atoms with Crippen LogP contribution in [0, 0.1) is 6.92 Å². The van der Waals surface area contributed by atoms with Crippen molar-refractivity contribution in [2.75, 3.05) is 0 Å². The molecule has 9 heteroatoms. The summed E-state index contributed by atoms with van der Waals surface area (Å²) in [6, 6.07) is 21.2. The summed E-state index contributed by atoms with van der Waals surface area (Å²) >= 11 is 0.